The Morgan fingerprint density at radius 1 is 1.17 bits per heavy atom. The molecule has 2 aromatic rings. The molecule has 3 aliphatic rings. The van der Waals surface area contributed by atoms with Crippen LogP contribution in [0.1, 0.15) is 51.8 Å². The van der Waals surface area contributed by atoms with E-state index in [1.165, 1.54) is 12.1 Å². The second kappa shape index (κ2) is 9.85. The Morgan fingerprint density at radius 2 is 1.92 bits per heavy atom. The predicted octanol–water partition coefficient (Wildman–Crippen LogP) is 3.80. The number of likely N-dealkylation sites (tertiary alicyclic amines) is 2. The Kier molecular flexibility index (Phi) is 6.93. The molecule has 1 aromatic carbocycles. The Bertz CT molecular complexity index is 1130. The van der Waals surface area contributed by atoms with Gasteiger partial charge in [0.15, 0.2) is 0 Å². The number of imidazole rings is 1. The van der Waals surface area contributed by atoms with Crippen molar-refractivity contribution in [1.29, 1.82) is 0 Å². The third-order valence-corrected chi connectivity index (χ3v) is 8.51. The maximum absolute atomic E-state index is 13.7. The van der Waals surface area contributed by atoms with E-state index in [0.29, 0.717) is 30.3 Å². The average Bonchev–Trinajstić information content (AvgIpc) is 3.57. The van der Waals surface area contributed by atoms with Gasteiger partial charge in [-0.25, -0.2) is 14.2 Å². The number of carbonyl (C=O) groups is 2. The molecule has 196 valence electrons. The minimum absolute atomic E-state index is 0.0372. The Morgan fingerprint density at radius 3 is 2.58 bits per heavy atom. The zero-order chi connectivity index (χ0) is 25.6. The summed E-state index contributed by atoms with van der Waals surface area (Å²) in [6, 6.07) is 4.41. The molecule has 8 nitrogen and oxygen atoms in total. The number of amides is 2. The van der Waals surface area contributed by atoms with Gasteiger partial charge in [0, 0.05) is 43.9 Å². The fourth-order valence-electron chi connectivity index (χ4n) is 5.71. The van der Waals surface area contributed by atoms with Crippen LogP contribution >= 0.6 is 11.8 Å². The molecule has 3 fully saturated rings. The van der Waals surface area contributed by atoms with Crippen molar-refractivity contribution >= 4 is 34.8 Å². The summed E-state index contributed by atoms with van der Waals surface area (Å²) in [5.41, 5.74) is 1.03. The van der Waals surface area contributed by atoms with Crippen LogP contribution in [0, 0.1) is 5.82 Å². The number of hydrogen-bond donors (Lipinski definition) is 0. The van der Waals surface area contributed by atoms with Gasteiger partial charge >= 0.3 is 6.09 Å². The third-order valence-electron chi connectivity index (χ3n) is 7.54. The molecule has 10 heteroatoms. The van der Waals surface area contributed by atoms with E-state index >= 15 is 0 Å². The Labute approximate surface area is 216 Å². The lowest BCUT2D eigenvalue weighted by Gasteiger charge is -2.35. The standard InChI is InChI=1S/C26H36FN5O3S/c1-26(2,3)35-25(34)32-15-19(14-22(32)24(33)31-11-12-36-16-31)30-9-7-17(8-10-30)23-28-20-13-18(27)5-6-21(20)29(23)4/h5-6,13,17,19,22H,7-12,14-16H2,1-4H3/t19-,22-/m0/s1. The number of aromatic nitrogens is 2. The maximum Gasteiger partial charge on any atom is 0.411 e. The molecule has 0 unspecified atom stereocenters. The first kappa shape index (κ1) is 25.3. The molecule has 1 aromatic heterocycles. The first-order chi connectivity index (χ1) is 17.1. The number of fused-ring (bicyclic) bond motifs is 1. The summed E-state index contributed by atoms with van der Waals surface area (Å²) in [6.45, 7) is 8.54. The third kappa shape index (κ3) is 5.07. The molecule has 0 bridgehead atoms. The van der Waals surface area contributed by atoms with Crippen LogP contribution in [0.15, 0.2) is 18.2 Å². The minimum atomic E-state index is -0.612. The second-order valence-electron chi connectivity index (χ2n) is 11.1. The van der Waals surface area contributed by atoms with E-state index in [4.69, 9.17) is 9.72 Å². The smallest absolute Gasteiger partial charge is 0.411 e. The second-order valence-corrected chi connectivity index (χ2v) is 12.2. The van der Waals surface area contributed by atoms with Crippen molar-refractivity contribution < 1.29 is 18.7 Å². The molecule has 0 radical (unpaired) electrons. The lowest BCUT2D eigenvalue weighted by atomic mass is 9.94. The predicted molar refractivity (Wildman–Crippen MR) is 138 cm³/mol. The molecule has 0 spiro atoms. The number of ether oxygens (including phenoxy) is 1. The molecule has 0 aliphatic carbocycles. The molecular formula is C26H36FN5O3S. The van der Waals surface area contributed by atoms with Crippen LogP contribution in [0.25, 0.3) is 11.0 Å². The maximum atomic E-state index is 13.7. The van der Waals surface area contributed by atoms with Crippen LogP contribution in [0.2, 0.25) is 0 Å². The highest BCUT2D eigenvalue weighted by atomic mass is 32.2. The average molecular weight is 518 g/mol. The lowest BCUT2D eigenvalue weighted by molar-refractivity contribution is -0.134. The van der Waals surface area contributed by atoms with Gasteiger partial charge in [0.05, 0.1) is 16.9 Å². The number of carbonyl (C=O) groups excluding carboxylic acids is 2. The van der Waals surface area contributed by atoms with Gasteiger partial charge < -0.3 is 14.2 Å². The van der Waals surface area contributed by atoms with Crippen molar-refractivity contribution in [2.75, 3.05) is 37.8 Å². The highest BCUT2D eigenvalue weighted by Crippen LogP contribution is 2.34. The first-order valence-electron chi connectivity index (χ1n) is 12.8. The van der Waals surface area contributed by atoms with Crippen LogP contribution in [0.4, 0.5) is 9.18 Å². The summed E-state index contributed by atoms with van der Waals surface area (Å²) in [5, 5.41) is 0. The molecule has 4 heterocycles. The monoisotopic (exact) mass is 517 g/mol. The fraction of sp³-hybridized carbons (Fsp3) is 0.654. The van der Waals surface area contributed by atoms with Gasteiger partial charge in [-0.05, 0) is 65.3 Å². The SMILES string of the molecule is Cn1c(C2CCN([C@H]3C[C@@H](C(=O)N4CCSC4)N(C(=O)OC(C)(C)C)C3)CC2)nc2cc(F)ccc21. The number of nitrogens with zero attached hydrogens (tertiary/aromatic N) is 5. The largest absolute Gasteiger partial charge is 0.444 e. The normalized spacial score (nSPS) is 24.1. The fourth-order valence-corrected chi connectivity index (χ4v) is 6.67. The van der Waals surface area contributed by atoms with Crippen molar-refractivity contribution in [2.45, 2.75) is 63.6 Å². The lowest BCUT2D eigenvalue weighted by Crippen LogP contribution is -2.48. The van der Waals surface area contributed by atoms with Gasteiger partial charge in [0.1, 0.15) is 23.3 Å². The van der Waals surface area contributed by atoms with E-state index in [-0.39, 0.29) is 17.8 Å². The Balaban J connectivity index is 1.27. The van der Waals surface area contributed by atoms with Crippen LogP contribution in [0.3, 0.4) is 0 Å². The number of piperidine rings is 1. The van der Waals surface area contributed by atoms with E-state index in [1.54, 1.807) is 22.7 Å². The van der Waals surface area contributed by atoms with Gasteiger partial charge in [-0.15, -0.1) is 11.8 Å². The minimum Gasteiger partial charge on any atom is -0.444 e. The van der Waals surface area contributed by atoms with E-state index in [2.05, 4.69) is 9.47 Å². The highest BCUT2D eigenvalue weighted by Gasteiger charge is 2.45. The van der Waals surface area contributed by atoms with Gasteiger partial charge in [-0.2, -0.15) is 0 Å². The molecule has 2 amide bonds. The van der Waals surface area contributed by atoms with E-state index < -0.39 is 17.7 Å². The van der Waals surface area contributed by atoms with Gasteiger partial charge in [-0.1, -0.05) is 0 Å². The first-order valence-corrected chi connectivity index (χ1v) is 14.0. The summed E-state index contributed by atoms with van der Waals surface area (Å²) >= 11 is 1.75. The molecule has 3 saturated heterocycles. The quantitative estimate of drug-likeness (QED) is 0.617. The number of hydrogen-bond acceptors (Lipinski definition) is 6. The van der Waals surface area contributed by atoms with Crippen molar-refractivity contribution in [3.63, 3.8) is 0 Å². The number of benzene rings is 1. The van der Waals surface area contributed by atoms with Crippen molar-refractivity contribution in [2.24, 2.45) is 7.05 Å². The van der Waals surface area contributed by atoms with Crippen LogP contribution in [0.5, 0.6) is 0 Å². The molecule has 0 N–H and O–H groups in total. The van der Waals surface area contributed by atoms with Crippen molar-refractivity contribution in [3.05, 3.63) is 29.8 Å². The summed E-state index contributed by atoms with van der Waals surface area (Å²) in [4.78, 5) is 37.1. The number of aryl methyl sites for hydroxylation is 1. The van der Waals surface area contributed by atoms with Gasteiger partial charge in [0.2, 0.25) is 5.91 Å². The molecule has 3 aliphatic heterocycles. The molecular weight excluding hydrogens is 481 g/mol. The molecule has 36 heavy (non-hydrogen) atoms. The van der Waals surface area contributed by atoms with Crippen LogP contribution in [-0.2, 0) is 16.6 Å². The topological polar surface area (TPSA) is 70.9 Å². The van der Waals surface area contributed by atoms with E-state index in [0.717, 1.165) is 49.6 Å². The summed E-state index contributed by atoms with van der Waals surface area (Å²) in [6.07, 6.45) is 2.10. The summed E-state index contributed by atoms with van der Waals surface area (Å²) < 4.78 is 21.5. The van der Waals surface area contributed by atoms with E-state index in [9.17, 15) is 14.0 Å². The van der Waals surface area contributed by atoms with Crippen molar-refractivity contribution in [1.82, 2.24) is 24.3 Å². The van der Waals surface area contributed by atoms with Crippen LogP contribution < -0.4 is 0 Å². The molecule has 2 atom stereocenters. The Hall–Kier alpha value is -2.33. The zero-order valence-corrected chi connectivity index (χ0v) is 22.4. The summed E-state index contributed by atoms with van der Waals surface area (Å²) in [7, 11) is 2.00. The number of halogens is 1. The van der Waals surface area contributed by atoms with E-state index in [1.807, 2.05) is 32.7 Å². The highest BCUT2D eigenvalue weighted by molar-refractivity contribution is 7.99. The number of thioether (sulfide) groups is 1. The van der Waals surface area contributed by atoms with Gasteiger partial charge in [-0.3, -0.25) is 14.6 Å². The molecule has 5 rings (SSSR count). The number of rotatable bonds is 3. The molecule has 0 saturated carbocycles. The van der Waals surface area contributed by atoms with Crippen LogP contribution in [-0.4, -0.2) is 91.7 Å². The zero-order valence-electron chi connectivity index (χ0n) is 21.6. The van der Waals surface area contributed by atoms with Gasteiger partial charge in [0.25, 0.3) is 0 Å². The summed E-state index contributed by atoms with van der Waals surface area (Å²) in [5.74, 6) is 2.69. The van der Waals surface area contributed by atoms with Crippen molar-refractivity contribution in [3.8, 4) is 0 Å².